The molecule has 18 heavy (non-hydrogen) atoms. The van der Waals surface area contributed by atoms with E-state index in [9.17, 15) is 0 Å². The monoisotopic (exact) mass is 248 g/mol. The van der Waals surface area contributed by atoms with Gasteiger partial charge in [0, 0.05) is 13.1 Å². The molecule has 0 radical (unpaired) electrons. The SMILES string of the molecule is CC(C)CC(CN)CN(C)CCc1ccccc1. The number of benzene rings is 1. The Morgan fingerprint density at radius 1 is 1.17 bits per heavy atom. The first-order chi connectivity index (χ1) is 8.61. The van der Waals surface area contributed by atoms with E-state index in [0.29, 0.717) is 5.92 Å². The number of nitrogens with zero attached hydrogens (tertiary/aromatic N) is 1. The quantitative estimate of drug-likeness (QED) is 0.766. The molecule has 0 bridgehead atoms. The fourth-order valence-corrected chi connectivity index (χ4v) is 2.41. The van der Waals surface area contributed by atoms with E-state index in [0.717, 1.165) is 32.0 Å². The van der Waals surface area contributed by atoms with E-state index < -0.39 is 0 Å². The Balaban J connectivity index is 2.30. The van der Waals surface area contributed by atoms with Crippen LogP contribution in [0.1, 0.15) is 25.8 Å². The standard InChI is InChI=1S/C16H28N2/c1-14(2)11-16(12-17)13-18(3)10-9-15-7-5-4-6-8-15/h4-8,14,16H,9-13,17H2,1-3H3. The Kier molecular flexibility index (Phi) is 6.99. The van der Waals surface area contributed by atoms with Crippen LogP contribution in [0.4, 0.5) is 0 Å². The van der Waals surface area contributed by atoms with E-state index in [1.54, 1.807) is 0 Å². The number of hydrogen-bond acceptors (Lipinski definition) is 2. The van der Waals surface area contributed by atoms with Gasteiger partial charge in [-0.15, -0.1) is 0 Å². The average Bonchev–Trinajstić information content (AvgIpc) is 2.36. The fourth-order valence-electron chi connectivity index (χ4n) is 2.41. The molecule has 2 N–H and O–H groups in total. The molecule has 102 valence electrons. The van der Waals surface area contributed by atoms with Gasteiger partial charge in [-0.05, 0) is 43.8 Å². The molecule has 1 unspecified atom stereocenters. The van der Waals surface area contributed by atoms with Crippen molar-refractivity contribution in [2.24, 2.45) is 17.6 Å². The zero-order valence-corrected chi connectivity index (χ0v) is 12.1. The maximum atomic E-state index is 5.85. The van der Waals surface area contributed by atoms with Crippen LogP contribution in [-0.2, 0) is 6.42 Å². The second-order valence-electron chi connectivity index (χ2n) is 5.73. The summed E-state index contributed by atoms with van der Waals surface area (Å²) in [5.74, 6) is 1.37. The normalized spacial score (nSPS) is 13.2. The van der Waals surface area contributed by atoms with Crippen LogP contribution >= 0.6 is 0 Å². The smallest absolute Gasteiger partial charge is 0.00189 e. The highest BCUT2D eigenvalue weighted by Crippen LogP contribution is 2.12. The number of hydrogen-bond donors (Lipinski definition) is 1. The van der Waals surface area contributed by atoms with E-state index in [-0.39, 0.29) is 0 Å². The third-order valence-corrected chi connectivity index (χ3v) is 3.33. The third-order valence-electron chi connectivity index (χ3n) is 3.33. The number of nitrogens with two attached hydrogens (primary N) is 1. The van der Waals surface area contributed by atoms with Crippen molar-refractivity contribution in [1.82, 2.24) is 4.90 Å². The lowest BCUT2D eigenvalue weighted by Gasteiger charge is -2.24. The summed E-state index contributed by atoms with van der Waals surface area (Å²) < 4.78 is 0. The van der Waals surface area contributed by atoms with Crippen LogP contribution in [-0.4, -0.2) is 31.6 Å². The van der Waals surface area contributed by atoms with Crippen LogP contribution in [0, 0.1) is 11.8 Å². The van der Waals surface area contributed by atoms with Gasteiger partial charge in [-0.2, -0.15) is 0 Å². The molecule has 0 aliphatic heterocycles. The van der Waals surface area contributed by atoms with Crippen molar-refractivity contribution in [3.63, 3.8) is 0 Å². The molecule has 0 heterocycles. The summed E-state index contributed by atoms with van der Waals surface area (Å²) in [6.07, 6.45) is 2.35. The van der Waals surface area contributed by atoms with Crippen LogP contribution in [0.5, 0.6) is 0 Å². The van der Waals surface area contributed by atoms with Crippen molar-refractivity contribution >= 4 is 0 Å². The van der Waals surface area contributed by atoms with E-state index in [2.05, 4.69) is 56.1 Å². The second-order valence-corrected chi connectivity index (χ2v) is 5.73. The first-order valence-electron chi connectivity index (χ1n) is 7.04. The highest BCUT2D eigenvalue weighted by Gasteiger charge is 2.11. The van der Waals surface area contributed by atoms with Crippen LogP contribution in [0.15, 0.2) is 30.3 Å². The topological polar surface area (TPSA) is 29.3 Å². The summed E-state index contributed by atoms with van der Waals surface area (Å²) in [7, 11) is 2.20. The van der Waals surface area contributed by atoms with Crippen LogP contribution < -0.4 is 5.73 Å². The predicted octanol–water partition coefficient (Wildman–Crippen LogP) is 2.78. The largest absolute Gasteiger partial charge is 0.330 e. The Morgan fingerprint density at radius 3 is 2.39 bits per heavy atom. The van der Waals surface area contributed by atoms with Gasteiger partial charge >= 0.3 is 0 Å². The highest BCUT2D eigenvalue weighted by atomic mass is 15.1. The molecule has 0 aliphatic rings. The Hall–Kier alpha value is -0.860. The summed E-state index contributed by atoms with van der Waals surface area (Å²) in [6, 6.07) is 10.7. The summed E-state index contributed by atoms with van der Waals surface area (Å²) in [4.78, 5) is 2.41. The molecule has 2 nitrogen and oxygen atoms in total. The average molecular weight is 248 g/mol. The van der Waals surface area contributed by atoms with Crippen molar-refractivity contribution in [3.8, 4) is 0 Å². The molecule has 1 aromatic carbocycles. The predicted molar refractivity (Wildman–Crippen MR) is 79.6 cm³/mol. The van der Waals surface area contributed by atoms with Crippen LogP contribution in [0.3, 0.4) is 0 Å². The number of likely N-dealkylation sites (N-methyl/N-ethyl adjacent to an activating group) is 1. The maximum Gasteiger partial charge on any atom is 0.00189 e. The maximum absolute atomic E-state index is 5.85. The van der Waals surface area contributed by atoms with Crippen molar-refractivity contribution in [2.45, 2.75) is 26.7 Å². The van der Waals surface area contributed by atoms with E-state index >= 15 is 0 Å². The van der Waals surface area contributed by atoms with Gasteiger partial charge in [-0.1, -0.05) is 44.2 Å². The second kappa shape index (κ2) is 8.28. The van der Waals surface area contributed by atoms with Gasteiger partial charge in [-0.3, -0.25) is 0 Å². The molecule has 1 aromatic rings. The zero-order chi connectivity index (χ0) is 13.4. The van der Waals surface area contributed by atoms with Crippen molar-refractivity contribution in [1.29, 1.82) is 0 Å². The summed E-state index contributed by atoms with van der Waals surface area (Å²) in [6.45, 7) is 7.56. The molecule has 1 rings (SSSR count). The molecule has 0 amide bonds. The van der Waals surface area contributed by atoms with Crippen LogP contribution in [0.25, 0.3) is 0 Å². The van der Waals surface area contributed by atoms with Gasteiger partial charge < -0.3 is 10.6 Å². The minimum atomic E-state index is 0.630. The lowest BCUT2D eigenvalue weighted by molar-refractivity contribution is 0.258. The van der Waals surface area contributed by atoms with Crippen molar-refractivity contribution in [3.05, 3.63) is 35.9 Å². The van der Waals surface area contributed by atoms with Gasteiger partial charge in [0.2, 0.25) is 0 Å². The lowest BCUT2D eigenvalue weighted by Crippen LogP contribution is -2.32. The van der Waals surface area contributed by atoms with Crippen LogP contribution in [0.2, 0.25) is 0 Å². The van der Waals surface area contributed by atoms with Gasteiger partial charge in [0.1, 0.15) is 0 Å². The fraction of sp³-hybridized carbons (Fsp3) is 0.625. The van der Waals surface area contributed by atoms with E-state index in [4.69, 9.17) is 5.73 Å². The van der Waals surface area contributed by atoms with E-state index in [1.807, 2.05) is 0 Å². The molecule has 2 heteroatoms. The molecular weight excluding hydrogens is 220 g/mol. The van der Waals surface area contributed by atoms with Gasteiger partial charge in [0.25, 0.3) is 0 Å². The Labute approximate surface area is 112 Å². The molecule has 0 saturated carbocycles. The Bertz CT molecular complexity index is 308. The summed E-state index contributed by atoms with van der Waals surface area (Å²) >= 11 is 0. The molecule has 0 spiro atoms. The molecule has 0 fully saturated rings. The van der Waals surface area contributed by atoms with Gasteiger partial charge in [0.15, 0.2) is 0 Å². The third kappa shape index (κ3) is 6.18. The van der Waals surface area contributed by atoms with Gasteiger partial charge in [0.05, 0.1) is 0 Å². The highest BCUT2D eigenvalue weighted by molar-refractivity contribution is 5.14. The minimum Gasteiger partial charge on any atom is -0.330 e. The van der Waals surface area contributed by atoms with Gasteiger partial charge in [-0.25, -0.2) is 0 Å². The summed E-state index contributed by atoms with van der Waals surface area (Å²) in [5.41, 5.74) is 7.26. The number of rotatable bonds is 8. The van der Waals surface area contributed by atoms with Crippen molar-refractivity contribution in [2.75, 3.05) is 26.7 Å². The summed E-state index contributed by atoms with van der Waals surface area (Å²) in [5, 5.41) is 0. The first kappa shape index (κ1) is 15.2. The van der Waals surface area contributed by atoms with Crippen molar-refractivity contribution < 1.29 is 0 Å². The lowest BCUT2D eigenvalue weighted by atomic mass is 9.96. The molecule has 1 atom stereocenters. The molecule has 0 aromatic heterocycles. The first-order valence-corrected chi connectivity index (χ1v) is 7.04. The molecule has 0 saturated heterocycles. The zero-order valence-electron chi connectivity index (χ0n) is 12.1. The molecular formula is C16H28N2. The van der Waals surface area contributed by atoms with E-state index in [1.165, 1.54) is 12.0 Å². The Morgan fingerprint density at radius 2 is 1.83 bits per heavy atom. The molecule has 0 aliphatic carbocycles. The minimum absolute atomic E-state index is 0.630.